The Morgan fingerprint density at radius 2 is 1.78 bits per heavy atom. The number of ether oxygens (including phenoxy) is 1. The molecule has 2 aromatic rings. The first kappa shape index (κ1) is 25.2. The first-order valence-corrected chi connectivity index (χ1v) is 11.0. The molecule has 2 N–H and O–H groups in total. The molecule has 2 aromatic carbocycles. The second-order valence-electron chi connectivity index (χ2n) is 7.53. The number of methoxy groups -OCH3 is 1. The third-order valence-electron chi connectivity index (χ3n) is 5.07. The van der Waals surface area contributed by atoms with E-state index in [1.807, 2.05) is 32.0 Å². The third kappa shape index (κ3) is 6.72. The lowest BCUT2D eigenvalue weighted by molar-refractivity contribution is -0.123. The Kier molecular flexibility index (Phi) is 9.53. The minimum absolute atomic E-state index is 0.135. The zero-order valence-corrected chi connectivity index (χ0v) is 19.9. The summed E-state index contributed by atoms with van der Waals surface area (Å²) >= 11 is 5.87. The van der Waals surface area contributed by atoms with Gasteiger partial charge in [-0.05, 0) is 56.2 Å². The number of nitrogens with one attached hydrogen (secondary N) is 2. The number of rotatable bonds is 10. The maximum atomic E-state index is 12.7. The Morgan fingerprint density at radius 3 is 2.34 bits per heavy atom. The van der Waals surface area contributed by atoms with Gasteiger partial charge in [-0.2, -0.15) is 5.10 Å². The average Bonchev–Trinajstić information content (AvgIpc) is 2.78. The Balaban J connectivity index is 2.07. The van der Waals surface area contributed by atoms with Crippen molar-refractivity contribution in [3.63, 3.8) is 0 Å². The van der Waals surface area contributed by atoms with Gasteiger partial charge in [0.2, 0.25) is 0 Å². The molecule has 0 saturated heterocycles. The molecule has 0 aromatic heterocycles. The lowest BCUT2D eigenvalue weighted by Crippen LogP contribution is -2.48. The van der Waals surface area contributed by atoms with Crippen molar-refractivity contribution in [3.05, 3.63) is 58.6 Å². The first-order valence-electron chi connectivity index (χ1n) is 10.6. The second-order valence-corrected chi connectivity index (χ2v) is 7.97. The fourth-order valence-corrected chi connectivity index (χ4v) is 3.31. The lowest BCUT2D eigenvalue weighted by Gasteiger charge is -2.22. The van der Waals surface area contributed by atoms with E-state index in [2.05, 4.69) is 34.6 Å². The summed E-state index contributed by atoms with van der Waals surface area (Å²) in [5, 5.41) is 7.37. The van der Waals surface area contributed by atoms with E-state index in [4.69, 9.17) is 16.3 Å². The summed E-state index contributed by atoms with van der Waals surface area (Å²) in [6.45, 7) is 9.68. The molecule has 0 heterocycles. The van der Waals surface area contributed by atoms with Crippen LogP contribution >= 0.6 is 11.6 Å². The van der Waals surface area contributed by atoms with Crippen molar-refractivity contribution in [2.75, 3.05) is 25.1 Å². The number of carbonyl (C=O) groups excluding carboxylic acids is 2. The Bertz CT molecular complexity index is 941. The molecular formula is C24H31ClN4O3. The van der Waals surface area contributed by atoms with Crippen LogP contribution in [0.4, 0.5) is 5.69 Å². The summed E-state index contributed by atoms with van der Waals surface area (Å²) in [4.78, 5) is 27.4. The highest BCUT2D eigenvalue weighted by molar-refractivity contribution is 6.30. The highest BCUT2D eigenvalue weighted by Gasteiger charge is 2.24. The summed E-state index contributed by atoms with van der Waals surface area (Å²) in [5.41, 5.74) is 4.73. The van der Waals surface area contributed by atoms with E-state index in [-0.39, 0.29) is 11.8 Å². The molecule has 0 aliphatic carbocycles. The second kappa shape index (κ2) is 12.1. The summed E-state index contributed by atoms with van der Waals surface area (Å²) in [7, 11) is 1.60. The SMILES string of the molecule is CCN(CC)c1ccc(C=NNC(=O)C(NC(=O)c2ccc(Cl)cc2)C(C)C)c(OC)c1. The third-order valence-corrected chi connectivity index (χ3v) is 5.32. The van der Waals surface area contributed by atoms with Gasteiger partial charge in [0, 0.05) is 41.0 Å². The van der Waals surface area contributed by atoms with Crippen LogP contribution in [0.1, 0.15) is 43.6 Å². The summed E-state index contributed by atoms with van der Waals surface area (Å²) in [5.74, 6) is -0.237. The van der Waals surface area contributed by atoms with Gasteiger partial charge in [0.25, 0.3) is 11.8 Å². The molecule has 2 rings (SSSR count). The topological polar surface area (TPSA) is 83.0 Å². The van der Waals surface area contributed by atoms with Crippen molar-refractivity contribution >= 4 is 35.3 Å². The minimum Gasteiger partial charge on any atom is -0.496 e. The number of benzene rings is 2. The average molecular weight is 459 g/mol. The predicted molar refractivity (Wildman–Crippen MR) is 130 cm³/mol. The van der Waals surface area contributed by atoms with E-state index in [9.17, 15) is 9.59 Å². The fourth-order valence-electron chi connectivity index (χ4n) is 3.19. The zero-order chi connectivity index (χ0) is 23.7. The Morgan fingerprint density at radius 1 is 1.12 bits per heavy atom. The van der Waals surface area contributed by atoms with Gasteiger partial charge in [-0.3, -0.25) is 9.59 Å². The molecule has 7 nitrogen and oxygen atoms in total. The van der Waals surface area contributed by atoms with Crippen molar-refractivity contribution in [2.45, 2.75) is 33.7 Å². The molecular weight excluding hydrogens is 428 g/mol. The van der Waals surface area contributed by atoms with Gasteiger partial charge in [0.1, 0.15) is 11.8 Å². The quantitative estimate of drug-likeness (QED) is 0.414. The van der Waals surface area contributed by atoms with E-state index >= 15 is 0 Å². The van der Waals surface area contributed by atoms with Gasteiger partial charge in [0.05, 0.1) is 13.3 Å². The number of anilines is 1. The van der Waals surface area contributed by atoms with Crippen molar-refractivity contribution in [1.82, 2.24) is 10.7 Å². The van der Waals surface area contributed by atoms with Crippen LogP contribution < -0.4 is 20.4 Å². The van der Waals surface area contributed by atoms with E-state index in [0.29, 0.717) is 16.3 Å². The van der Waals surface area contributed by atoms with Gasteiger partial charge in [-0.15, -0.1) is 0 Å². The van der Waals surface area contributed by atoms with Crippen molar-refractivity contribution in [2.24, 2.45) is 11.0 Å². The molecule has 2 amide bonds. The van der Waals surface area contributed by atoms with E-state index in [0.717, 1.165) is 24.3 Å². The normalized spacial score (nSPS) is 12.0. The standard InChI is InChI=1S/C24H31ClN4O3/c1-6-29(7-2)20-13-10-18(21(14-20)32-5)15-26-28-24(31)22(16(3)4)27-23(30)17-8-11-19(25)12-9-17/h8-16,22H,6-7H2,1-5H3,(H,27,30)(H,28,31). The van der Waals surface area contributed by atoms with Crippen LogP contribution in [-0.2, 0) is 4.79 Å². The monoisotopic (exact) mass is 458 g/mol. The number of halogens is 1. The van der Waals surface area contributed by atoms with Crippen LogP contribution in [0, 0.1) is 5.92 Å². The molecule has 0 radical (unpaired) electrons. The Labute approximate surface area is 194 Å². The number of hydrazone groups is 1. The molecule has 0 aliphatic rings. The van der Waals surface area contributed by atoms with E-state index in [1.54, 1.807) is 31.4 Å². The predicted octanol–water partition coefficient (Wildman–Crippen LogP) is 4.10. The molecule has 32 heavy (non-hydrogen) atoms. The number of hydrogen-bond acceptors (Lipinski definition) is 5. The molecule has 8 heteroatoms. The summed E-state index contributed by atoms with van der Waals surface area (Å²) in [6.07, 6.45) is 1.53. The van der Waals surface area contributed by atoms with Gasteiger partial charge < -0.3 is 15.0 Å². The number of hydrogen-bond donors (Lipinski definition) is 2. The largest absolute Gasteiger partial charge is 0.496 e. The van der Waals surface area contributed by atoms with E-state index < -0.39 is 11.9 Å². The number of nitrogens with zero attached hydrogens (tertiary/aromatic N) is 2. The first-order chi connectivity index (χ1) is 15.3. The van der Waals surface area contributed by atoms with Crippen LogP contribution in [0.2, 0.25) is 5.02 Å². The van der Waals surface area contributed by atoms with Crippen molar-refractivity contribution in [3.8, 4) is 5.75 Å². The minimum atomic E-state index is -0.748. The smallest absolute Gasteiger partial charge is 0.262 e. The van der Waals surface area contributed by atoms with Gasteiger partial charge in [0.15, 0.2) is 0 Å². The molecule has 0 aliphatic heterocycles. The molecule has 172 valence electrons. The molecule has 0 spiro atoms. The molecule has 0 fully saturated rings. The number of amides is 2. The van der Waals surface area contributed by atoms with Crippen LogP contribution in [0.3, 0.4) is 0 Å². The summed E-state index contributed by atoms with van der Waals surface area (Å²) in [6, 6.07) is 11.6. The Hall–Kier alpha value is -3.06. The maximum Gasteiger partial charge on any atom is 0.262 e. The lowest BCUT2D eigenvalue weighted by atomic mass is 10.0. The van der Waals surface area contributed by atoms with Gasteiger partial charge >= 0.3 is 0 Å². The molecule has 0 bridgehead atoms. The molecule has 1 atom stereocenters. The van der Waals surface area contributed by atoms with Crippen molar-refractivity contribution in [1.29, 1.82) is 0 Å². The van der Waals surface area contributed by atoms with Crippen LogP contribution in [-0.4, -0.2) is 44.3 Å². The fraction of sp³-hybridized carbons (Fsp3) is 0.375. The van der Waals surface area contributed by atoms with Crippen LogP contribution in [0.5, 0.6) is 5.75 Å². The van der Waals surface area contributed by atoms with Gasteiger partial charge in [-0.25, -0.2) is 5.43 Å². The highest BCUT2D eigenvalue weighted by Crippen LogP contribution is 2.24. The molecule has 0 saturated carbocycles. The van der Waals surface area contributed by atoms with Crippen LogP contribution in [0.15, 0.2) is 47.6 Å². The van der Waals surface area contributed by atoms with Crippen molar-refractivity contribution < 1.29 is 14.3 Å². The zero-order valence-electron chi connectivity index (χ0n) is 19.2. The number of carbonyl (C=O) groups is 2. The highest BCUT2D eigenvalue weighted by atomic mass is 35.5. The molecule has 1 unspecified atom stereocenters. The summed E-state index contributed by atoms with van der Waals surface area (Å²) < 4.78 is 5.48. The van der Waals surface area contributed by atoms with E-state index in [1.165, 1.54) is 6.21 Å². The maximum absolute atomic E-state index is 12.7. The van der Waals surface area contributed by atoms with Crippen LogP contribution in [0.25, 0.3) is 0 Å². The van der Waals surface area contributed by atoms with Gasteiger partial charge in [-0.1, -0.05) is 25.4 Å².